The fourth-order valence-corrected chi connectivity index (χ4v) is 9.40. The number of rotatable bonds is 14. The zero-order valence-electron chi connectivity index (χ0n) is 19.9. The van der Waals surface area contributed by atoms with Crippen LogP contribution < -0.4 is 12.4 Å². The molecule has 0 saturated carbocycles. The third-order valence-electron chi connectivity index (χ3n) is 5.65. The molecule has 4 nitrogen and oxygen atoms in total. The molecule has 0 N–H and O–H groups in total. The summed E-state index contributed by atoms with van der Waals surface area (Å²) < 4.78 is 11.0. The molecule has 0 aromatic heterocycles. The second-order valence-electron chi connectivity index (χ2n) is 6.88. The molecular formula is C23H44ClN4P. The molecule has 1 rings (SSSR count). The average molecular weight is 443 g/mol. The van der Waals surface area contributed by atoms with E-state index in [9.17, 15) is 0 Å². The molecule has 29 heavy (non-hydrogen) atoms. The van der Waals surface area contributed by atoms with Gasteiger partial charge in [0.05, 0.1) is 6.54 Å². The van der Waals surface area contributed by atoms with Gasteiger partial charge in [0.2, 0.25) is 0 Å². The van der Waals surface area contributed by atoms with Crippen LogP contribution in [0.15, 0.2) is 30.8 Å². The molecule has 0 atom stereocenters. The molecule has 6 heteroatoms. The molecular weight excluding hydrogens is 399 g/mol. The van der Waals surface area contributed by atoms with Crippen molar-refractivity contribution in [2.45, 2.75) is 55.0 Å². The van der Waals surface area contributed by atoms with E-state index in [2.05, 4.69) is 98.0 Å². The standard InChI is InChI=1S/C23H44N4P.ClH/c1-9-22-17-19-23(20-18-22)21-27(16-8)28(24(10-2)11-3,25(12-4)13-5)26(14-6)15-7;/h9,17-20H,1,10-16,21H2,2-8H3;1H/q+1;/p-1. The van der Waals surface area contributed by atoms with Crippen molar-refractivity contribution in [2.24, 2.45) is 0 Å². The van der Waals surface area contributed by atoms with E-state index in [-0.39, 0.29) is 12.4 Å². The van der Waals surface area contributed by atoms with Gasteiger partial charge in [-0.2, -0.15) is 0 Å². The number of hydrogen-bond acceptors (Lipinski definition) is 4. The second-order valence-corrected chi connectivity index (χ2v) is 10.2. The van der Waals surface area contributed by atoms with Gasteiger partial charge in [-0.05, 0) is 59.6 Å². The van der Waals surface area contributed by atoms with Crippen LogP contribution >= 0.6 is 7.87 Å². The number of halogens is 1. The van der Waals surface area contributed by atoms with Gasteiger partial charge in [-0.3, -0.25) is 0 Å². The van der Waals surface area contributed by atoms with Crippen molar-refractivity contribution < 1.29 is 12.4 Å². The van der Waals surface area contributed by atoms with Gasteiger partial charge < -0.3 is 12.4 Å². The molecule has 0 saturated heterocycles. The molecule has 0 fully saturated rings. The molecule has 0 radical (unpaired) electrons. The molecule has 0 aliphatic heterocycles. The lowest BCUT2D eigenvalue weighted by atomic mass is 10.1. The minimum atomic E-state index is -1.81. The first-order chi connectivity index (χ1) is 13.5. The van der Waals surface area contributed by atoms with Gasteiger partial charge in [0, 0.05) is 45.8 Å². The van der Waals surface area contributed by atoms with Crippen LogP contribution in [0, 0.1) is 0 Å². The molecule has 1 aromatic carbocycles. The summed E-state index contributed by atoms with van der Waals surface area (Å²) in [5.41, 5.74) is 2.56. The van der Waals surface area contributed by atoms with Crippen LogP contribution in [0.2, 0.25) is 0 Å². The zero-order chi connectivity index (χ0) is 21.2. The van der Waals surface area contributed by atoms with Crippen molar-refractivity contribution in [2.75, 3.05) is 45.8 Å². The Morgan fingerprint density at radius 1 is 0.655 bits per heavy atom. The molecule has 0 heterocycles. The highest BCUT2D eigenvalue weighted by atomic mass is 35.5. The van der Waals surface area contributed by atoms with Gasteiger partial charge in [0.25, 0.3) is 0 Å². The number of benzene rings is 1. The van der Waals surface area contributed by atoms with Crippen LogP contribution in [0.3, 0.4) is 0 Å². The second kappa shape index (κ2) is 14.5. The highest BCUT2D eigenvalue weighted by Gasteiger charge is 2.58. The van der Waals surface area contributed by atoms with E-state index >= 15 is 0 Å². The number of nitrogens with zero attached hydrogens (tertiary/aromatic N) is 4. The van der Waals surface area contributed by atoms with Crippen molar-refractivity contribution in [3.8, 4) is 0 Å². The van der Waals surface area contributed by atoms with Crippen molar-refractivity contribution in [1.29, 1.82) is 0 Å². The zero-order valence-corrected chi connectivity index (χ0v) is 21.5. The maximum atomic E-state index is 3.89. The molecule has 0 aliphatic rings. The number of hydrogen-bond donors (Lipinski definition) is 0. The highest BCUT2D eigenvalue weighted by Crippen LogP contribution is 2.70. The summed E-state index contributed by atoms with van der Waals surface area (Å²) in [5, 5.41) is 0. The normalized spacial score (nSPS) is 12.1. The fraction of sp³-hybridized carbons (Fsp3) is 0.652. The first kappa shape index (κ1) is 28.5. The lowest BCUT2D eigenvalue weighted by Crippen LogP contribution is -3.00. The van der Waals surface area contributed by atoms with Crippen molar-refractivity contribution in [3.63, 3.8) is 0 Å². The van der Waals surface area contributed by atoms with Gasteiger partial charge in [-0.1, -0.05) is 36.9 Å². The lowest BCUT2D eigenvalue weighted by Gasteiger charge is -2.50. The summed E-state index contributed by atoms with van der Waals surface area (Å²) in [5.74, 6) is 0. The topological polar surface area (TPSA) is 13.0 Å². The van der Waals surface area contributed by atoms with E-state index in [1.807, 2.05) is 6.08 Å². The Hall–Kier alpha value is -0.480. The molecule has 168 valence electrons. The monoisotopic (exact) mass is 442 g/mol. The summed E-state index contributed by atoms with van der Waals surface area (Å²) in [6, 6.07) is 8.90. The summed E-state index contributed by atoms with van der Waals surface area (Å²) in [4.78, 5) is 0. The average Bonchev–Trinajstić information content (AvgIpc) is 2.74. The van der Waals surface area contributed by atoms with Crippen molar-refractivity contribution in [3.05, 3.63) is 42.0 Å². The maximum Gasteiger partial charge on any atom is 0.308 e. The van der Waals surface area contributed by atoms with Gasteiger partial charge in [0.1, 0.15) is 0 Å². The largest absolute Gasteiger partial charge is 1.00 e. The van der Waals surface area contributed by atoms with E-state index < -0.39 is 7.87 Å². The predicted octanol–water partition coefficient (Wildman–Crippen LogP) is 2.86. The van der Waals surface area contributed by atoms with Crippen LogP contribution in [-0.2, 0) is 6.54 Å². The van der Waals surface area contributed by atoms with Crippen LogP contribution in [0.5, 0.6) is 0 Å². The van der Waals surface area contributed by atoms with Gasteiger partial charge in [-0.25, -0.2) is 0 Å². The summed E-state index contributed by atoms with van der Waals surface area (Å²) in [6.45, 7) is 28.6. The Kier molecular flexibility index (Phi) is 14.3. The van der Waals surface area contributed by atoms with Gasteiger partial charge >= 0.3 is 7.87 Å². The van der Waals surface area contributed by atoms with Crippen LogP contribution in [0.4, 0.5) is 0 Å². The van der Waals surface area contributed by atoms with Gasteiger partial charge in [0.15, 0.2) is 0 Å². The first-order valence-corrected chi connectivity index (χ1v) is 12.8. The minimum Gasteiger partial charge on any atom is -1.00 e. The van der Waals surface area contributed by atoms with Crippen molar-refractivity contribution >= 4 is 13.9 Å². The third kappa shape index (κ3) is 6.26. The maximum absolute atomic E-state index is 3.89. The molecule has 0 unspecified atom stereocenters. The van der Waals surface area contributed by atoms with Gasteiger partial charge in [-0.15, -0.1) is 18.7 Å². The minimum absolute atomic E-state index is 0. The van der Waals surface area contributed by atoms with Crippen LogP contribution in [-0.4, -0.2) is 64.5 Å². The summed E-state index contributed by atoms with van der Waals surface area (Å²) in [6.07, 6.45) is 1.92. The van der Waals surface area contributed by atoms with Crippen molar-refractivity contribution in [1.82, 2.24) is 18.7 Å². The third-order valence-corrected chi connectivity index (χ3v) is 10.8. The molecule has 0 aliphatic carbocycles. The Bertz CT molecular complexity index is 523. The predicted molar refractivity (Wildman–Crippen MR) is 128 cm³/mol. The van der Waals surface area contributed by atoms with Crippen LogP contribution in [0.25, 0.3) is 6.08 Å². The molecule has 0 bridgehead atoms. The van der Waals surface area contributed by atoms with E-state index in [1.54, 1.807) is 0 Å². The quantitative estimate of drug-likeness (QED) is 0.411. The summed E-state index contributed by atoms with van der Waals surface area (Å²) in [7, 11) is -1.81. The van der Waals surface area contributed by atoms with Crippen LogP contribution in [0.1, 0.15) is 59.6 Å². The molecule has 0 amide bonds. The van der Waals surface area contributed by atoms with E-state index in [1.165, 1.54) is 11.1 Å². The van der Waals surface area contributed by atoms with E-state index in [0.29, 0.717) is 0 Å². The Labute approximate surface area is 187 Å². The SMILES string of the molecule is C=Cc1ccc(CN(CC)[P+](N(CC)CC)(N(CC)CC)N(CC)CC)cc1.[Cl-]. The highest BCUT2D eigenvalue weighted by molar-refractivity contribution is 7.66. The Morgan fingerprint density at radius 3 is 1.28 bits per heavy atom. The lowest BCUT2D eigenvalue weighted by molar-refractivity contribution is -0.00000684. The Balaban J connectivity index is 0.00000784. The fourth-order valence-electron chi connectivity index (χ4n) is 4.25. The first-order valence-electron chi connectivity index (χ1n) is 11.2. The Morgan fingerprint density at radius 2 is 1.00 bits per heavy atom. The summed E-state index contributed by atoms with van der Waals surface area (Å²) >= 11 is 0. The van der Waals surface area contributed by atoms with E-state index in [4.69, 9.17) is 0 Å². The molecule has 0 spiro atoms. The smallest absolute Gasteiger partial charge is 0.308 e. The van der Waals surface area contributed by atoms with E-state index in [0.717, 1.165) is 52.4 Å². The molecule has 1 aromatic rings.